The van der Waals surface area contributed by atoms with E-state index in [9.17, 15) is 9.59 Å². The van der Waals surface area contributed by atoms with E-state index in [0.29, 0.717) is 5.75 Å². The molecule has 1 aliphatic heterocycles. The molecule has 1 aromatic rings. The van der Waals surface area contributed by atoms with E-state index in [1.807, 2.05) is 17.5 Å². The Morgan fingerprint density at radius 1 is 1.69 bits per heavy atom. The zero-order valence-corrected chi connectivity index (χ0v) is 10.4. The van der Waals surface area contributed by atoms with Crippen molar-refractivity contribution in [2.45, 2.75) is 19.0 Å². The van der Waals surface area contributed by atoms with Gasteiger partial charge in [-0.2, -0.15) is 12.6 Å². The molecule has 1 aromatic heterocycles. The first-order chi connectivity index (χ1) is 7.65. The number of thiophene rings is 1. The van der Waals surface area contributed by atoms with Gasteiger partial charge in [-0.3, -0.25) is 14.5 Å². The summed E-state index contributed by atoms with van der Waals surface area (Å²) in [5.74, 6) is 0.308. The summed E-state index contributed by atoms with van der Waals surface area (Å²) in [5.41, 5.74) is 0. The van der Waals surface area contributed by atoms with Crippen LogP contribution < -0.4 is 10.2 Å². The van der Waals surface area contributed by atoms with Crippen LogP contribution in [0.15, 0.2) is 17.5 Å². The monoisotopic (exact) mass is 256 g/mol. The van der Waals surface area contributed by atoms with E-state index < -0.39 is 6.04 Å². The molecule has 6 heteroatoms. The quantitative estimate of drug-likeness (QED) is 0.623. The van der Waals surface area contributed by atoms with Crippen molar-refractivity contribution < 1.29 is 9.59 Å². The zero-order chi connectivity index (χ0) is 11.7. The molecular formula is C10H12N2O2S2. The van der Waals surface area contributed by atoms with Gasteiger partial charge in [-0.15, -0.1) is 11.3 Å². The number of amides is 2. The lowest BCUT2D eigenvalue weighted by Crippen LogP contribution is -2.70. The van der Waals surface area contributed by atoms with E-state index >= 15 is 0 Å². The van der Waals surface area contributed by atoms with Gasteiger partial charge in [-0.05, 0) is 17.5 Å². The summed E-state index contributed by atoms with van der Waals surface area (Å²) in [5, 5.41) is 5.43. The van der Waals surface area contributed by atoms with Crippen molar-refractivity contribution in [3.8, 4) is 0 Å². The average molecular weight is 256 g/mol. The van der Waals surface area contributed by atoms with Gasteiger partial charge in [0.1, 0.15) is 6.04 Å². The minimum absolute atomic E-state index is 0.0539. The van der Waals surface area contributed by atoms with Gasteiger partial charge in [0.2, 0.25) is 11.8 Å². The molecule has 1 aliphatic rings. The normalized spacial score (nSPS) is 23.5. The standard InChI is InChI=1S/C10H12N2O2S2/c1-6(13)12(8-3-2-4-16-8)9-7(5-15)11-10(9)14/h2-4,7,9,15H,5H2,1H3,(H,11,14). The number of hydrogen-bond acceptors (Lipinski definition) is 4. The molecule has 2 heterocycles. The Labute approximate surface area is 103 Å². The molecule has 0 radical (unpaired) electrons. The van der Waals surface area contributed by atoms with Crippen LogP contribution in [-0.2, 0) is 9.59 Å². The van der Waals surface area contributed by atoms with Gasteiger partial charge in [-0.25, -0.2) is 0 Å². The van der Waals surface area contributed by atoms with Gasteiger partial charge in [0, 0.05) is 12.7 Å². The van der Waals surface area contributed by atoms with Crippen LogP contribution in [0.1, 0.15) is 6.92 Å². The first-order valence-electron chi connectivity index (χ1n) is 4.89. The Balaban J connectivity index is 2.27. The lowest BCUT2D eigenvalue weighted by atomic mass is 9.99. The largest absolute Gasteiger partial charge is 0.348 e. The number of hydrogen-bond donors (Lipinski definition) is 2. The molecule has 0 spiro atoms. The summed E-state index contributed by atoms with van der Waals surface area (Å²) in [7, 11) is 0. The number of nitrogens with one attached hydrogen (secondary N) is 1. The second-order valence-corrected chi connectivity index (χ2v) is 4.87. The van der Waals surface area contributed by atoms with Crippen LogP contribution in [0.4, 0.5) is 5.00 Å². The molecule has 86 valence electrons. The van der Waals surface area contributed by atoms with Gasteiger partial charge in [-0.1, -0.05) is 0 Å². The lowest BCUT2D eigenvalue weighted by molar-refractivity contribution is -0.132. The van der Waals surface area contributed by atoms with Crippen molar-refractivity contribution >= 4 is 40.8 Å². The third-order valence-electron chi connectivity index (χ3n) is 2.54. The molecule has 2 amide bonds. The van der Waals surface area contributed by atoms with Crippen molar-refractivity contribution in [1.29, 1.82) is 0 Å². The van der Waals surface area contributed by atoms with Crippen LogP contribution in [0.5, 0.6) is 0 Å². The van der Waals surface area contributed by atoms with Crippen molar-refractivity contribution in [3.63, 3.8) is 0 Å². The highest BCUT2D eigenvalue weighted by atomic mass is 32.1. The summed E-state index contributed by atoms with van der Waals surface area (Å²) in [6.07, 6.45) is 0. The van der Waals surface area contributed by atoms with E-state index in [0.717, 1.165) is 5.00 Å². The van der Waals surface area contributed by atoms with Crippen molar-refractivity contribution in [3.05, 3.63) is 17.5 Å². The van der Waals surface area contributed by atoms with E-state index in [4.69, 9.17) is 0 Å². The first-order valence-corrected chi connectivity index (χ1v) is 6.41. The predicted molar refractivity (Wildman–Crippen MR) is 67.1 cm³/mol. The minimum Gasteiger partial charge on any atom is -0.348 e. The maximum atomic E-state index is 11.6. The molecule has 1 fully saturated rings. The van der Waals surface area contributed by atoms with Gasteiger partial charge >= 0.3 is 0 Å². The molecule has 0 aliphatic carbocycles. The molecule has 16 heavy (non-hydrogen) atoms. The van der Waals surface area contributed by atoms with E-state index in [1.165, 1.54) is 18.3 Å². The van der Waals surface area contributed by atoms with Crippen LogP contribution in [-0.4, -0.2) is 29.7 Å². The Kier molecular flexibility index (Phi) is 3.20. The molecular weight excluding hydrogens is 244 g/mol. The highest BCUT2D eigenvalue weighted by Crippen LogP contribution is 2.27. The highest BCUT2D eigenvalue weighted by molar-refractivity contribution is 7.80. The predicted octanol–water partition coefficient (Wildman–Crippen LogP) is 0.898. The fourth-order valence-corrected chi connectivity index (χ4v) is 2.87. The first kappa shape index (κ1) is 11.5. The van der Waals surface area contributed by atoms with Crippen LogP contribution in [0, 0.1) is 0 Å². The highest BCUT2D eigenvalue weighted by Gasteiger charge is 2.44. The van der Waals surface area contributed by atoms with Crippen molar-refractivity contribution in [2.24, 2.45) is 0 Å². The number of β-lactam (4-membered cyclic amide) rings is 1. The second-order valence-electron chi connectivity index (χ2n) is 3.58. The van der Waals surface area contributed by atoms with E-state index in [-0.39, 0.29) is 17.9 Å². The topological polar surface area (TPSA) is 49.4 Å². The summed E-state index contributed by atoms with van der Waals surface area (Å²) in [4.78, 5) is 24.7. The fourth-order valence-electron chi connectivity index (χ4n) is 1.77. The van der Waals surface area contributed by atoms with E-state index in [1.54, 1.807) is 4.90 Å². The van der Waals surface area contributed by atoms with Crippen LogP contribution >= 0.6 is 24.0 Å². The molecule has 0 aromatic carbocycles. The third-order valence-corrected chi connectivity index (χ3v) is 3.80. The number of thiol groups is 1. The number of anilines is 1. The average Bonchev–Trinajstić information content (AvgIpc) is 2.74. The van der Waals surface area contributed by atoms with Crippen LogP contribution in [0.2, 0.25) is 0 Å². The summed E-state index contributed by atoms with van der Waals surface area (Å²) in [6, 6.07) is 3.24. The number of carbonyl (C=O) groups excluding carboxylic acids is 2. The minimum atomic E-state index is -0.409. The maximum absolute atomic E-state index is 11.6. The molecule has 2 rings (SSSR count). The summed E-state index contributed by atoms with van der Waals surface area (Å²) < 4.78 is 0. The SMILES string of the molecule is CC(=O)N(c1cccs1)C1C(=O)NC1CS. The lowest BCUT2D eigenvalue weighted by Gasteiger charge is -2.42. The Bertz CT molecular complexity index is 405. The van der Waals surface area contributed by atoms with Crippen LogP contribution in [0.25, 0.3) is 0 Å². The van der Waals surface area contributed by atoms with Crippen molar-refractivity contribution in [2.75, 3.05) is 10.7 Å². The van der Waals surface area contributed by atoms with Gasteiger partial charge in [0.25, 0.3) is 0 Å². The zero-order valence-electron chi connectivity index (χ0n) is 8.71. The second kappa shape index (κ2) is 4.47. The Morgan fingerprint density at radius 2 is 2.44 bits per heavy atom. The Hall–Kier alpha value is -1.01. The number of carbonyl (C=O) groups is 2. The van der Waals surface area contributed by atoms with Gasteiger partial charge < -0.3 is 5.32 Å². The smallest absolute Gasteiger partial charge is 0.245 e. The third kappa shape index (κ3) is 1.82. The van der Waals surface area contributed by atoms with Gasteiger partial charge in [0.05, 0.1) is 11.0 Å². The molecule has 4 nitrogen and oxygen atoms in total. The molecule has 1 saturated heterocycles. The van der Waals surface area contributed by atoms with E-state index in [2.05, 4.69) is 17.9 Å². The molecule has 0 bridgehead atoms. The van der Waals surface area contributed by atoms with Crippen LogP contribution in [0.3, 0.4) is 0 Å². The molecule has 1 N–H and O–H groups in total. The fraction of sp³-hybridized carbons (Fsp3) is 0.400. The summed E-state index contributed by atoms with van der Waals surface area (Å²) in [6.45, 7) is 1.47. The van der Waals surface area contributed by atoms with Gasteiger partial charge in [0.15, 0.2) is 0 Å². The number of nitrogens with zero attached hydrogens (tertiary/aromatic N) is 1. The molecule has 2 unspecified atom stereocenters. The maximum Gasteiger partial charge on any atom is 0.245 e. The Morgan fingerprint density at radius 3 is 2.88 bits per heavy atom. The number of rotatable bonds is 3. The molecule has 2 atom stereocenters. The van der Waals surface area contributed by atoms with Crippen molar-refractivity contribution in [1.82, 2.24) is 5.32 Å². The molecule has 0 saturated carbocycles. The summed E-state index contributed by atoms with van der Waals surface area (Å²) >= 11 is 5.61.